The first-order valence-corrected chi connectivity index (χ1v) is 29.6. The molecule has 0 bridgehead atoms. The number of nitrogens with zero attached hydrogens (tertiary/aromatic N) is 3. The lowest BCUT2D eigenvalue weighted by molar-refractivity contribution is -0.147. The van der Waals surface area contributed by atoms with Gasteiger partial charge in [0.05, 0.1) is 35.7 Å². The Morgan fingerprint density at radius 2 is 1.13 bits per heavy atom. The van der Waals surface area contributed by atoms with Gasteiger partial charge in [0.25, 0.3) is 5.91 Å². The van der Waals surface area contributed by atoms with Crippen LogP contribution in [0, 0.1) is 10.8 Å². The summed E-state index contributed by atoms with van der Waals surface area (Å²) in [5.74, 6) is -2.64. The summed E-state index contributed by atoms with van der Waals surface area (Å²) in [5.41, 5.74) is 5.73. The minimum absolute atomic E-state index is 0.000520. The number of aromatic nitrogens is 1. The van der Waals surface area contributed by atoms with Crippen molar-refractivity contribution in [3.63, 3.8) is 0 Å². The van der Waals surface area contributed by atoms with Gasteiger partial charge >= 0.3 is 6.03 Å². The fourth-order valence-corrected chi connectivity index (χ4v) is 12.3. The average Bonchev–Trinajstić information content (AvgIpc) is 1.81. The molecule has 1 saturated heterocycles. The zero-order chi connectivity index (χ0) is 60.4. The van der Waals surface area contributed by atoms with Crippen molar-refractivity contribution in [3.05, 3.63) is 136 Å². The smallest absolute Gasteiger partial charge is 0.326 e. The van der Waals surface area contributed by atoms with Crippen LogP contribution >= 0.6 is 0 Å². The van der Waals surface area contributed by atoms with Crippen LogP contribution < -0.4 is 42.5 Å². The fraction of sp³-hybridized carbons (Fsp3) is 0.477. The normalized spacial score (nSPS) is 20.9. The number of anilines is 1. The van der Waals surface area contributed by atoms with Gasteiger partial charge in [-0.05, 0) is 147 Å². The van der Waals surface area contributed by atoms with Crippen LogP contribution in [0.2, 0.25) is 0 Å². The highest BCUT2D eigenvalue weighted by Crippen LogP contribution is 2.35. The van der Waals surface area contributed by atoms with Crippen LogP contribution in [-0.2, 0) is 54.6 Å². The lowest BCUT2D eigenvalue weighted by Crippen LogP contribution is -2.62. The Kier molecular flexibility index (Phi) is 18.2. The molecule has 2 aliphatic heterocycles. The molecule has 8 amide bonds. The molecule has 5 aromatic rings. The van der Waals surface area contributed by atoms with Gasteiger partial charge in [-0.3, -0.25) is 38.1 Å². The number of carbonyl (C=O) groups is 8. The van der Waals surface area contributed by atoms with Gasteiger partial charge in [0.2, 0.25) is 35.4 Å². The molecule has 0 radical (unpaired) electrons. The molecule has 8 N–H and O–H groups in total. The Balaban J connectivity index is 0.940. The number of aryl methyl sites for hydroxylation is 2. The van der Waals surface area contributed by atoms with Crippen molar-refractivity contribution < 1.29 is 38.4 Å². The minimum Gasteiger partial charge on any atom is -0.347 e. The molecule has 0 spiro atoms. The standard InChI is InChI=1S/C65H83N11O8/c1-37(66-9)56(77)72-54(64(3,4)5)61(82)75-35-42-32-43(29-28-41(42)33-52(75)59(80)70-49-25-15-20-39-18-11-13-22-45(39)49)68-58(79)48-24-17-27-51-47(48)30-31-74(51)63(84)69-44-34-53(60(81)71-50-26-16-21-40-19-12-14-23-46(40)50)76(36-44)62(83)55(65(6,7)8)73-57(78)38(2)67-10/h11-14,17-19,22-24,27-32,37-38,44,49-50,52-55,66-67H,15-16,20-21,25-26,33-36H2,1-10H3,(H,68,79)(H,69,84)(H,70,80)(H,71,81)(H,72,77)(H,73,78)/t37-,38-,44-,49+,50+,52-,53-,54+,55+/m0/s1. The predicted octanol–water partition coefficient (Wildman–Crippen LogP) is 6.34. The van der Waals surface area contributed by atoms with Crippen molar-refractivity contribution in [2.45, 2.75) is 168 Å². The van der Waals surface area contributed by atoms with Gasteiger partial charge in [-0.2, -0.15) is 0 Å². The molecule has 9 rings (SSSR count). The number of hydrogen-bond acceptors (Lipinski definition) is 10. The Morgan fingerprint density at radius 3 is 1.69 bits per heavy atom. The van der Waals surface area contributed by atoms with Crippen LogP contribution in [0.15, 0.2) is 97.2 Å². The Hall–Kier alpha value is -7.90. The molecule has 4 aliphatic rings. The van der Waals surface area contributed by atoms with Crippen molar-refractivity contribution >= 4 is 64.0 Å². The van der Waals surface area contributed by atoms with Crippen molar-refractivity contribution in [1.29, 1.82) is 0 Å². The van der Waals surface area contributed by atoms with Crippen molar-refractivity contribution in [1.82, 2.24) is 51.6 Å². The number of carbonyl (C=O) groups excluding carboxylic acids is 8. The number of likely N-dealkylation sites (N-methyl/N-ethyl adjacent to an activating group) is 2. The molecule has 19 nitrogen and oxygen atoms in total. The topological polar surface area (TPSA) is 244 Å². The van der Waals surface area contributed by atoms with E-state index >= 15 is 0 Å². The summed E-state index contributed by atoms with van der Waals surface area (Å²) in [7, 11) is 3.33. The van der Waals surface area contributed by atoms with Crippen LogP contribution in [0.3, 0.4) is 0 Å². The molecule has 0 saturated carbocycles. The maximum Gasteiger partial charge on any atom is 0.326 e. The van der Waals surface area contributed by atoms with Crippen molar-refractivity contribution in [2.75, 3.05) is 26.0 Å². The molecule has 19 heteroatoms. The van der Waals surface area contributed by atoms with Crippen molar-refractivity contribution in [2.24, 2.45) is 10.8 Å². The Morgan fingerprint density at radius 1 is 0.583 bits per heavy atom. The molecule has 446 valence electrons. The fourth-order valence-electron chi connectivity index (χ4n) is 12.3. The number of rotatable bonds is 15. The van der Waals surface area contributed by atoms with Gasteiger partial charge in [0, 0.05) is 42.3 Å². The van der Waals surface area contributed by atoms with Gasteiger partial charge in [-0.1, -0.05) is 102 Å². The van der Waals surface area contributed by atoms with E-state index in [9.17, 15) is 38.4 Å². The molecule has 4 aromatic carbocycles. The second-order valence-corrected chi connectivity index (χ2v) is 25.4. The van der Waals surface area contributed by atoms with E-state index in [0.717, 1.165) is 60.8 Å². The van der Waals surface area contributed by atoms with E-state index in [1.165, 1.54) is 20.6 Å². The molecule has 1 aromatic heterocycles. The van der Waals surface area contributed by atoms with Gasteiger partial charge < -0.3 is 52.3 Å². The first-order valence-electron chi connectivity index (χ1n) is 29.6. The summed E-state index contributed by atoms with van der Waals surface area (Å²) in [5, 5.41) is 24.9. The zero-order valence-corrected chi connectivity index (χ0v) is 50.1. The molecular weight excluding hydrogens is 1060 g/mol. The first-order chi connectivity index (χ1) is 39.9. The van der Waals surface area contributed by atoms with Crippen LogP contribution in [0.25, 0.3) is 10.9 Å². The van der Waals surface area contributed by atoms with Crippen molar-refractivity contribution in [3.8, 4) is 0 Å². The largest absolute Gasteiger partial charge is 0.347 e. The summed E-state index contributed by atoms with van der Waals surface area (Å²) in [6, 6.07) is 21.7. The maximum atomic E-state index is 15.0. The first kappa shape index (κ1) is 60.7. The molecule has 3 heterocycles. The quantitative estimate of drug-likeness (QED) is 0.0579. The molecular formula is C65H83N11O8. The second kappa shape index (κ2) is 25.1. The van der Waals surface area contributed by atoms with Gasteiger partial charge in [-0.25, -0.2) is 4.79 Å². The number of nitrogens with one attached hydrogen (secondary N) is 8. The predicted molar refractivity (Wildman–Crippen MR) is 323 cm³/mol. The van der Waals surface area contributed by atoms with Gasteiger partial charge in [0.15, 0.2) is 0 Å². The summed E-state index contributed by atoms with van der Waals surface area (Å²) in [4.78, 5) is 117. The van der Waals surface area contributed by atoms with E-state index in [-0.39, 0.29) is 67.2 Å². The van der Waals surface area contributed by atoms with Crippen LogP contribution in [0.4, 0.5) is 10.5 Å². The van der Waals surface area contributed by atoms with E-state index in [1.807, 2.05) is 90.1 Å². The van der Waals surface area contributed by atoms with E-state index < -0.39 is 76.9 Å². The number of fused-ring (bicyclic) bond motifs is 4. The third-order valence-electron chi connectivity index (χ3n) is 17.4. The lowest BCUT2D eigenvalue weighted by atomic mass is 9.83. The minimum atomic E-state index is -0.991. The Labute approximate surface area is 492 Å². The summed E-state index contributed by atoms with van der Waals surface area (Å²) in [6.45, 7) is 14.6. The maximum absolute atomic E-state index is 15.0. The number of benzene rings is 4. The van der Waals surface area contributed by atoms with Crippen LogP contribution in [0.1, 0.15) is 143 Å². The molecule has 1 fully saturated rings. The van der Waals surface area contributed by atoms with Crippen LogP contribution in [0.5, 0.6) is 0 Å². The highest BCUT2D eigenvalue weighted by molar-refractivity contribution is 6.13. The second-order valence-electron chi connectivity index (χ2n) is 25.4. The Bertz CT molecular complexity index is 3340. The third-order valence-corrected chi connectivity index (χ3v) is 17.4. The summed E-state index contributed by atoms with van der Waals surface area (Å²) in [6.07, 6.45) is 7.01. The molecule has 9 atom stereocenters. The van der Waals surface area contributed by atoms with E-state index in [0.29, 0.717) is 16.6 Å². The van der Waals surface area contributed by atoms with Crippen LogP contribution in [-0.4, -0.2) is 125 Å². The summed E-state index contributed by atoms with van der Waals surface area (Å²) < 4.78 is 1.40. The average molecular weight is 1150 g/mol. The number of hydrogen-bond donors (Lipinski definition) is 8. The third kappa shape index (κ3) is 13.1. The molecule has 2 aliphatic carbocycles. The highest BCUT2D eigenvalue weighted by atomic mass is 16.2. The SMILES string of the molecule is CN[C@@H](C)C(=O)N[C@H](C(=O)N1Cc2cc(NC(=O)c3cccc4c3ccn4C(=O)N[C@H]3C[C@@H](C(=O)N[C@@H]4CCCc5ccccc54)N(C(=O)[C@@H](NC(=O)[C@H](C)NC)C(C)(C)C)C3)ccc2C[C@H]1C(=O)N[C@@H]1CCCc2ccccc21)C(C)(C)C. The van der Waals surface area contributed by atoms with E-state index in [4.69, 9.17) is 0 Å². The van der Waals surface area contributed by atoms with E-state index in [1.54, 1.807) is 69.4 Å². The number of amides is 8. The molecule has 84 heavy (non-hydrogen) atoms. The summed E-state index contributed by atoms with van der Waals surface area (Å²) >= 11 is 0. The highest BCUT2D eigenvalue weighted by Gasteiger charge is 2.47. The number of likely N-dealkylation sites (tertiary alicyclic amines) is 1. The van der Waals surface area contributed by atoms with Gasteiger partial charge in [-0.15, -0.1) is 0 Å². The van der Waals surface area contributed by atoms with Gasteiger partial charge in [0.1, 0.15) is 24.2 Å². The lowest BCUT2D eigenvalue weighted by Gasteiger charge is -2.42. The monoisotopic (exact) mass is 1150 g/mol. The zero-order valence-electron chi connectivity index (χ0n) is 50.1. The van der Waals surface area contributed by atoms with E-state index in [2.05, 4.69) is 54.7 Å². The molecule has 0 unspecified atom stereocenters.